The van der Waals surface area contributed by atoms with Gasteiger partial charge in [-0.2, -0.15) is 0 Å². The highest BCUT2D eigenvalue weighted by atomic mass is 16.0. The number of rotatable bonds is 1. The van der Waals surface area contributed by atoms with Gasteiger partial charge in [0.1, 0.15) is 0 Å². The number of hydrogen-bond donors (Lipinski definition) is 0. The third-order valence-corrected chi connectivity index (χ3v) is 2.34. The molecule has 2 nitrogen and oxygen atoms in total. The van der Waals surface area contributed by atoms with E-state index in [1.807, 2.05) is 0 Å². The summed E-state index contributed by atoms with van der Waals surface area (Å²) in [7, 11) is 0. The Bertz CT molecular complexity index is 292. The third kappa shape index (κ3) is 1.97. The van der Waals surface area contributed by atoms with Crippen LogP contribution < -0.4 is 0 Å². The topological polar surface area (TPSA) is 57.0 Å². The van der Waals surface area contributed by atoms with E-state index in [0.717, 1.165) is 0 Å². The van der Waals surface area contributed by atoms with Crippen molar-refractivity contribution in [3.63, 3.8) is 0 Å². The van der Waals surface area contributed by atoms with E-state index < -0.39 is 0 Å². The first-order valence-corrected chi connectivity index (χ1v) is 4.19. The lowest BCUT2D eigenvalue weighted by molar-refractivity contribution is 0.685. The first-order valence-electron chi connectivity index (χ1n) is 4.19. The van der Waals surface area contributed by atoms with Gasteiger partial charge in [-0.1, -0.05) is 43.3 Å². The predicted molar refractivity (Wildman–Crippen MR) is 49.9 cm³/mol. The van der Waals surface area contributed by atoms with Gasteiger partial charge in [0.15, 0.2) is 0 Å². The first-order chi connectivity index (χ1) is 5.42. The van der Waals surface area contributed by atoms with Crippen LogP contribution in [0.3, 0.4) is 0 Å². The molecule has 0 amide bonds. The minimum absolute atomic E-state index is 0. The summed E-state index contributed by atoms with van der Waals surface area (Å²) in [6.45, 7) is 2.23. The van der Waals surface area contributed by atoms with Crippen molar-refractivity contribution in [1.82, 2.24) is 0 Å². The van der Waals surface area contributed by atoms with Gasteiger partial charge in [-0.25, -0.2) is 0 Å². The summed E-state index contributed by atoms with van der Waals surface area (Å²) in [5.41, 5.74) is 2.90. The maximum Gasteiger partial charge on any atom is 0.00246 e. The van der Waals surface area contributed by atoms with E-state index in [2.05, 4.69) is 43.3 Å². The smallest absolute Gasteiger partial charge is 0.00246 e. The summed E-state index contributed by atoms with van der Waals surface area (Å²) in [4.78, 5) is 0. The average molecular weight is 176 g/mol. The molecule has 13 heavy (non-hydrogen) atoms. The van der Waals surface area contributed by atoms with E-state index in [1.165, 1.54) is 17.5 Å². The van der Waals surface area contributed by atoms with Crippen LogP contribution in [-0.2, 0) is 11.0 Å². The van der Waals surface area contributed by atoms with Gasteiger partial charge in [-0.15, -0.1) is 0 Å². The van der Waals surface area contributed by atoms with Crippen molar-refractivity contribution in [1.29, 1.82) is 0 Å². The second-order valence-corrected chi connectivity index (χ2v) is 3.00. The number of hydrogen-bond acceptors (Lipinski definition) is 0. The first kappa shape index (κ1) is 11.9. The summed E-state index contributed by atoms with van der Waals surface area (Å²) in [6.07, 6.45) is 5.74. The van der Waals surface area contributed by atoms with Crippen LogP contribution in [-0.4, -0.2) is 0 Å². The highest BCUT2D eigenvalue weighted by Crippen LogP contribution is 2.31. The van der Waals surface area contributed by atoms with Crippen LogP contribution in [0.1, 0.15) is 30.4 Å². The Hall–Kier alpha value is -1.12. The molecule has 1 unspecified atom stereocenters. The van der Waals surface area contributed by atoms with E-state index in [4.69, 9.17) is 0 Å². The van der Waals surface area contributed by atoms with Gasteiger partial charge in [-0.05, 0) is 17.5 Å². The molecule has 0 bridgehead atoms. The zero-order valence-corrected chi connectivity index (χ0v) is 7.57. The zero-order valence-electron chi connectivity index (χ0n) is 7.57. The van der Waals surface area contributed by atoms with Crippen LogP contribution in [0.25, 0.3) is 6.08 Å². The maximum atomic E-state index is 2.30. The fourth-order valence-corrected chi connectivity index (χ4v) is 1.68. The van der Waals surface area contributed by atoms with Crippen LogP contribution >= 0.6 is 0 Å². The minimum Gasteiger partial charge on any atom is -0.0764 e. The van der Waals surface area contributed by atoms with E-state index >= 15 is 0 Å². The second kappa shape index (κ2) is 4.80. The quantitative estimate of drug-likeness (QED) is 0.631. The molecule has 68 valence electrons. The standard InChI is InChI=1S/C11H12.2O/c1-2-9-7-8-10-5-3-4-6-11(9)10;;/h3-9H,2H2,1H3;;. The van der Waals surface area contributed by atoms with Crippen molar-refractivity contribution in [3.8, 4) is 0 Å². The molecule has 1 aromatic carbocycles. The molecule has 0 spiro atoms. The van der Waals surface area contributed by atoms with Gasteiger partial charge >= 0.3 is 0 Å². The van der Waals surface area contributed by atoms with Gasteiger partial charge in [0.2, 0.25) is 0 Å². The summed E-state index contributed by atoms with van der Waals surface area (Å²) in [5.74, 6) is 0.672. The van der Waals surface area contributed by atoms with E-state index in [0.29, 0.717) is 5.92 Å². The van der Waals surface area contributed by atoms with Crippen molar-refractivity contribution in [2.24, 2.45) is 0 Å². The average Bonchev–Trinajstić information content (AvgIpc) is 2.47. The zero-order chi connectivity index (χ0) is 7.68. The van der Waals surface area contributed by atoms with Crippen molar-refractivity contribution in [2.75, 3.05) is 0 Å². The Balaban J connectivity index is 0.000000720. The van der Waals surface area contributed by atoms with Crippen LogP contribution in [0.2, 0.25) is 0 Å². The molecule has 1 aliphatic rings. The van der Waals surface area contributed by atoms with Crippen LogP contribution in [0.15, 0.2) is 30.3 Å². The van der Waals surface area contributed by atoms with Gasteiger partial charge in [0.25, 0.3) is 0 Å². The summed E-state index contributed by atoms with van der Waals surface area (Å²) in [5, 5.41) is 0. The molecule has 1 atom stereocenters. The molecule has 0 fully saturated rings. The minimum atomic E-state index is 0. The van der Waals surface area contributed by atoms with Gasteiger partial charge in [-0.3, -0.25) is 0 Å². The summed E-state index contributed by atoms with van der Waals surface area (Å²) in [6, 6.07) is 8.63. The molecule has 0 N–H and O–H groups in total. The highest BCUT2D eigenvalue weighted by molar-refractivity contribution is 5.62. The van der Waals surface area contributed by atoms with Crippen molar-refractivity contribution in [3.05, 3.63) is 41.5 Å². The number of fused-ring (bicyclic) bond motifs is 1. The molecule has 2 rings (SSSR count). The molecule has 0 heterocycles. The lowest BCUT2D eigenvalue weighted by Crippen LogP contribution is -1.89. The Labute approximate surface area is 78.5 Å². The lowest BCUT2D eigenvalue weighted by Gasteiger charge is -2.05. The monoisotopic (exact) mass is 176 g/mol. The van der Waals surface area contributed by atoms with Gasteiger partial charge in [0, 0.05) is 16.9 Å². The third-order valence-electron chi connectivity index (χ3n) is 2.34. The van der Waals surface area contributed by atoms with Gasteiger partial charge < -0.3 is 0 Å². The Kier molecular flexibility index (Phi) is 4.38. The Morgan fingerprint density at radius 2 is 1.85 bits per heavy atom. The van der Waals surface area contributed by atoms with E-state index in [-0.39, 0.29) is 11.0 Å². The Morgan fingerprint density at radius 3 is 2.54 bits per heavy atom. The van der Waals surface area contributed by atoms with Crippen LogP contribution in [0.4, 0.5) is 0 Å². The van der Waals surface area contributed by atoms with E-state index in [9.17, 15) is 0 Å². The normalized spacial score (nSPS) is 17.2. The maximum absolute atomic E-state index is 2.30. The molecule has 1 aromatic rings. The molecule has 0 aliphatic heterocycles. The Morgan fingerprint density at radius 1 is 1.15 bits per heavy atom. The predicted octanol–water partition coefficient (Wildman–Crippen LogP) is 2.97. The number of benzene rings is 1. The molecule has 2 heteroatoms. The molecule has 0 saturated carbocycles. The van der Waals surface area contributed by atoms with Crippen LogP contribution in [0.5, 0.6) is 0 Å². The molecular formula is C11H12O2. The lowest BCUT2D eigenvalue weighted by atomic mass is 9.99. The second-order valence-electron chi connectivity index (χ2n) is 3.00. The number of allylic oxidation sites excluding steroid dienone is 1. The molecule has 0 aromatic heterocycles. The molecule has 0 saturated heterocycles. The highest BCUT2D eigenvalue weighted by Gasteiger charge is 2.13. The van der Waals surface area contributed by atoms with Crippen LogP contribution in [0, 0.1) is 0 Å². The van der Waals surface area contributed by atoms with Crippen molar-refractivity contribution >= 4 is 6.08 Å². The van der Waals surface area contributed by atoms with Crippen molar-refractivity contribution in [2.45, 2.75) is 19.3 Å². The fraction of sp³-hybridized carbons (Fsp3) is 0.273. The fourth-order valence-electron chi connectivity index (χ4n) is 1.68. The van der Waals surface area contributed by atoms with Crippen molar-refractivity contribution < 1.29 is 11.0 Å². The van der Waals surface area contributed by atoms with Gasteiger partial charge in [0.05, 0.1) is 0 Å². The molecule has 1 aliphatic carbocycles. The summed E-state index contributed by atoms with van der Waals surface area (Å²) < 4.78 is 0. The SMILES string of the molecule is CCC1C=Cc2ccccc21.[O].[O]. The van der Waals surface area contributed by atoms with E-state index in [1.54, 1.807) is 0 Å². The molecule has 4 radical (unpaired) electrons. The summed E-state index contributed by atoms with van der Waals surface area (Å²) >= 11 is 0. The largest absolute Gasteiger partial charge is 0.0764 e. The molecular weight excluding hydrogens is 164 g/mol.